The number of sulfonamides is 1. The summed E-state index contributed by atoms with van der Waals surface area (Å²) < 4.78 is 53.8. The van der Waals surface area contributed by atoms with Gasteiger partial charge in [-0.3, -0.25) is 9.59 Å². The van der Waals surface area contributed by atoms with E-state index in [4.69, 9.17) is 0 Å². The first kappa shape index (κ1) is 19.2. The fourth-order valence-corrected chi connectivity index (χ4v) is 4.38. The molecule has 0 aliphatic carbocycles. The maximum atomic E-state index is 13.2. The molecule has 1 aromatic carbocycles. The first-order valence-corrected chi connectivity index (χ1v) is 9.66. The highest BCUT2D eigenvalue weighted by atomic mass is 32.2. The van der Waals surface area contributed by atoms with Gasteiger partial charge in [-0.15, -0.1) is 0 Å². The number of anilines is 1. The molecule has 2 aromatic rings. The Morgan fingerprint density at radius 2 is 1.70 bits per heavy atom. The molecule has 0 bridgehead atoms. The molecule has 144 valence electrons. The number of nitrogens with one attached hydrogen (secondary N) is 1. The van der Waals surface area contributed by atoms with E-state index < -0.39 is 39.7 Å². The SMILES string of the molecule is O=C(Cn1cc(S(=O)(=O)N2CCCC2)ccc1=O)Nc1cc(F)cc(F)c1. The second-order valence-electron chi connectivity index (χ2n) is 6.15. The van der Waals surface area contributed by atoms with Crippen LogP contribution in [0.1, 0.15) is 12.8 Å². The van der Waals surface area contributed by atoms with Crippen molar-refractivity contribution in [3.8, 4) is 0 Å². The summed E-state index contributed by atoms with van der Waals surface area (Å²) in [6, 6.07) is 4.79. The number of halogens is 2. The Bertz CT molecular complexity index is 1010. The van der Waals surface area contributed by atoms with Crippen molar-refractivity contribution in [2.75, 3.05) is 18.4 Å². The van der Waals surface area contributed by atoms with Crippen molar-refractivity contribution in [2.45, 2.75) is 24.3 Å². The van der Waals surface area contributed by atoms with E-state index >= 15 is 0 Å². The van der Waals surface area contributed by atoms with Gasteiger partial charge in [0.1, 0.15) is 18.2 Å². The Morgan fingerprint density at radius 3 is 2.33 bits per heavy atom. The van der Waals surface area contributed by atoms with Crippen molar-refractivity contribution < 1.29 is 22.0 Å². The summed E-state index contributed by atoms with van der Waals surface area (Å²) in [5.41, 5.74) is -0.678. The summed E-state index contributed by atoms with van der Waals surface area (Å²) in [4.78, 5) is 24.0. The molecule has 1 saturated heterocycles. The molecule has 0 radical (unpaired) electrons. The molecule has 10 heteroatoms. The third-order valence-corrected chi connectivity index (χ3v) is 6.00. The molecular weight excluding hydrogens is 380 g/mol. The minimum absolute atomic E-state index is 0.0893. The first-order chi connectivity index (χ1) is 12.8. The van der Waals surface area contributed by atoms with Crippen molar-refractivity contribution in [2.24, 2.45) is 0 Å². The molecule has 0 spiro atoms. The number of hydrogen-bond acceptors (Lipinski definition) is 4. The number of benzene rings is 1. The molecule has 0 atom stereocenters. The van der Waals surface area contributed by atoms with Crippen LogP contribution in [0, 0.1) is 11.6 Å². The van der Waals surface area contributed by atoms with Gasteiger partial charge in [-0.05, 0) is 31.0 Å². The average Bonchev–Trinajstić information content (AvgIpc) is 3.11. The van der Waals surface area contributed by atoms with E-state index in [1.165, 1.54) is 10.4 Å². The van der Waals surface area contributed by atoms with Crippen LogP contribution in [0.25, 0.3) is 0 Å². The molecule has 0 unspecified atom stereocenters. The van der Waals surface area contributed by atoms with Crippen LogP contribution >= 0.6 is 0 Å². The largest absolute Gasteiger partial charge is 0.324 e. The van der Waals surface area contributed by atoms with E-state index in [-0.39, 0.29) is 10.6 Å². The van der Waals surface area contributed by atoms with Crippen LogP contribution in [0.5, 0.6) is 0 Å². The maximum Gasteiger partial charge on any atom is 0.251 e. The molecule has 1 aromatic heterocycles. The zero-order valence-corrected chi connectivity index (χ0v) is 15.0. The molecule has 1 N–H and O–H groups in total. The Hall–Kier alpha value is -2.59. The van der Waals surface area contributed by atoms with Gasteiger partial charge in [0, 0.05) is 37.1 Å². The molecule has 1 amide bonds. The van der Waals surface area contributed by atoms with Gasteiger partial charge in [-0.2, -0.15) is 4.31 Å². The van der Waals surface area contributed by atoms with Crippen molar-refractivity contribution >= 4 is 21.6 Å². The molecule has 1 fully saturated rings. The van der Waals surface area contributed by atoms with Crippen LogP contribution in [0.2, 0.25) is 0 Å². The lowest BCUT2D eigenvalue weighted by atomic mass is 10.3. The molecule has 1 aliphatic rings. The Balaban J connectivity index is 1.80. The fraction of sp³-hybridized carbons (Fsp3) is 0.294. The lowest BCUT2D eigenvalue weighted by molar-refractivity contribution is -0.116. The quantitative estimate of drug-likeness (QED) is 0.829. The van der Waals surface area contributed by atoms with Gasteiger partial charge in [0.15, 0.2) is 0 Å². The molecule has 3 rings (SSSR count). The maximum absolute atomic E-state index is 13.2. The van der Waals surface area contributed by atoms with Gasteiger partial charge < -0.3 is 9.88 Å². The third-order valence-electron chi connectivity index (χ3n) is 4.12. The summed E-state index contributed by atoms with van der Waals surface area (Å²) in [5, 5.41) is 2.27. The van der Waals surface area contributed by atoms with Crippen molar-refractivity contribution in [3.05, 3.63) is 58.5 Å². The molecule has 2 heterocycles. The van der Waals surface area contributed by atoms with Crippen LogP contribution in [0.3, 0.4) is 0 Å². The van der Waals surface area contributed by atoms with Crippen LogP contribution in [0.4, 0.5) is 14.5 Å². The van der Waals surface area contributed by atoms with Gasteiger partial charge in [0.2, 0.25) is 15.9 Å². The van der Waals surface area contributed by atoms with Gasteiger partial charge in [-0.25, -0.2) is 17.2 Å². The lowest BCUT2D eigenvalue weighted by Gasteiger charge is -2.16. The van der Waals surface area contributed by atoms with Crippen molar-refractivity contribution in [3.63, 3.8) is 0 Å². The van der Waals surface area contributed by atoms with E-state index in [0.717, 1.165) is 41.8 Å². The monoisotopic (exact) mass is 397 g/mol. The normalized spacial score (nSPS) is 15.0. The topological polar surface area (TPSA) is 88.5 Å². The number of aromatic nitrogens is 1. The number of amides is 1. The highest BCUT2D eigenvalue weighted by Gasteiger charge is 2.27. The summed E-state index contributed by atoms with van der Waals surface area (Å²) in [5.74, 6) is -2.44. The van der Waals surface area contributed by atoms with Gasteiger partial charge in [-0.1, -0.05) is 0 Å². The number of nitrogens with zero attached hydrogens (tertiary/aromatic N) is 2. The summed E-state index contributed by atoms with van der Waals surface area (Å²) in [7, 11) is -3.74. The average molecular weight is 397 g/mol. The third kappa shape index (κ3) is 4.40. The number of carbonyl (C=O) groups excluding carboxylic acids is 1. The van der Waals surface area contributed by atoms with Crippen LogP contribution < -0.4 is 10.9 Å². The predicted octanol–water partition coefficient (Wildman–Crippen LogP) is 1.55. The van der Waals surface area contributed by atoms with Crippen LogP contribution in [-0.4, -0.2) is 36.3 Å². The molecule has 7 nitrogen and oxygen atoms in total. The number of rotatable bonds is 5. The number of hydrogen-bond donors (Lipinski definition) is 1. The minimum atomic E-state index is -3.74. The Kier molecular flexibility index (Phi) is 5.38. The lowest BCUT2D eigenvalue weighted by Crippen LogP contribution is -2.31. The molecular formula is C17H17F2N3O4S. The second kappa shape index (κ2) is 7.57. The van der Waals surface area contributed by atoms with E-state index in [1.54, 1.807) is 0 Å². The van der Waals surface area contributed by atoms with Gasteiger partial charge >= 0.3 is 0 Å². The van der Waals surface area contributed by atoms with Crippen molar-refractivity contribution in [1.29, 1.82) is 0 Å². The summed E-state index contributed by atoms with van der Waals surface area (Å²) >= 11 is 0. The van der Waals surface area contributed by atoms with E-state index in [2.05, 4.69) is 5.32 Å². The van der Waals surface area contributed by atoms with Crippen molar-refractivity contribution in [1.82, 2.24) is 8.87 Å². The summed E-state index contributed by atoms with van der Waals surface area (Å²) in [6.45, 7) is 0.320. The number of carbonyl (C=O) groups is 1. The highest BCUT2D eigenvalue weighted by Crippen LogP contribution is 2.20. The van der Waals surface area contributed by atoms with E-state index in [1.807, 2.05) is 0 Å². The van der Waals surface area contributed by atoms with E-state index in [9.17, 15) is 26.8 Å². The zero-order valence-electron chi connectivity index (χ0n) is 14.2. The van der Waals surface area contributed by atoms with Gasteiger partial charge in [0.25, 0.3) is 5.56 Å². The van der Waals surface area contributed by atoms with Gasteiger partial charge in [0.05, 0.1) is 4.90 Å². The highest BCUT2D eigenvalue weighted by molar-refractivity contribution is 7.89. The Morgan fingerprint density at radius 1 is 1.07 bits per heavy atom. The smallest absolute Gasteiger partial charge is 0.251 e. The predicted molar refractivity (Wildman–Crippen MR) is 93.7 cm³/mol. The molecule has 1 aliphatic heterocycles. The summed E-state index contributed by atoms with van der Waals surface area (Å²) in [6.07, 6.45) is 2.64. The second-order valence-corrected chi connectivity index (χ2v) is 8.09. The van der Waals surface area contributed by atoms with Crippen LogP contribution in [0.15, 0.2) is 46.2 Å². The first-order valence-electron chi connectivity index (χ1n) is 8.22. The molecule has 27 heavy (non-hydrogen) atoms. The number of pyridine rings is 1. The van der Waals surface area contributed by atoms with Crippen LogP contribution in [-0.2, 0) is 21.4 Å². The zero-order chi connectivity index (χ0) is 19.6. The Labute approximate surface area is 154 Å². The fourth-order valence-electron chi connectivity index (χ4n) is 2.84. The standard InChI is InChI=1S/C17H17F2N3O4S/c18-12-7-13(19)9-14(8-12)20-16(23)11-21-10-15(3-4-17(21)24)27(25,26)22-5-1-2-6-22/h3-4,7-10H,1-2,5-6,11H2,(H,20,23). The minimum Gasteiger partial charge on any atom is -0.324 e. The van der Waals surface area contributed by atoms with E-state index in [0.29, 0.717) is 19.2 Å². The molecule has 0 saturated carbocycles.